The zero-order valence-electron chi connectivity index (χ0n) is 5.14. The van der Waals surface area contributed by atoms with Gasteiger partial charge in [-0.1, -0.05) is 0 Å². The van der Waals surface area contributed by atoms with Crippen LogP contribution in [0, 0.1) is 0 Å². The van der Waals surface area contributed by atoms with Crippen LogP contribution >= 0.6 is 34.4 Å². The minimum atomic E-state index is -0.750. The molecule has 0 heterocycles. The summed E-state index contributed by atoms with van der Waals surface area (Å²) in [6.07, 6.45) is 0.750. The van der Waals surface area contributed by atoms with E-state index in [1.807, 2.05) is 0 Å². The molecule has 0 radical (unpaired) electrons. The Bertz CT molecular complexity index is 67.3. The molecule has 0 aliphatic heterocycles. The van der Waals surface area contributed by atoms with E-state index in [2.05, 4.69) is 0 Å². The van der Waals surface area contributed by atoms with Crippen molar-refractivity contribution in [2.45, 2.75) is 0 Å². The van der Waals surface area contributed by atoms with E-state index in [0.717, 1.165) is 6.41 Å². The van der Waals surface area contributed by atoms with Crippen LogP contribution in [-0.2, 0) is 4.79 Å². The van der Waals surface area contributed by atoms with Gasteiger partial charge in [-0.2, -0.15) is 34.4 Å². The van der Waals surface area contributed by atoms with Crippen LogP contribution in [0.5, 0.6) is 0 Å². The molecule has 1 amide bonds. The van der Waals surface area contributed by atoms with Gasteiger partial charge in [-0.25, -0.2) is 0 Å². The molecule has 0 aliphatic rings. The third-order valence-electron chi connectivity index (χ3n) is 0.211. The Balaban J connectivity index is 0. The maximum atomic E-state index is 9.43. The molecule has 0 N–H and O–H groups in total. The molecule has 9 heavy (non-hydrogen) atoms. The summed E-state index contributed by atoms with van der Waals surface area (Å²) in [5.41, 5.74) is 0. The molecule has 0 atom stereocenters. The van der Waals surface area contributed by atoms with Crippen molar-refractivity contribution in [3.8, 4) is 0 Å². The lowest BCUT2D eigenvalue weighted by atomic mass is 10.7. The minimum absolute atomic E-state index is 0.750. The van der Waals surface area contributed by atoms with Gasteiger partial charge >= 0.3 is 4.96 Å². The highest BCUT2D eigenvalue weighted by Gasteiger charge is 1.91. The second kappa shape index (κ2) is 8.40. The molecule has 2 nitrogen and oxygen atoms in total. The van der Waals surface area contributed by atoms with Gasteiger partial charge in [-0.15, -0.1) is 0 Å². The molecule has 0 aliphatic carbocycles. The molecule has 0 unspecified atom stereocenters. The maximum absolute atomic E-state index is 9.43. The van der Waals surface area contributed by atoms with E-state index in [-0.39, 0.29) is 0 Å². The largest absolute Gasteiger partial charge is 0.450 e. The first-order chi connectivity index (χ1) is 4.00. The van der Waals surface area contributed by atoms with E-state index in [4.69, 9.17) is 34.4 Å². The second-order valence-electron chi connectivity index (χ2n) is 1.32. The van der Waals surface area contributed by atoms with Crippen molar-refractivity contribution in [2.75, 3.05) is 14.1 Å². The molecular weight excluding hydrogens is 183 g/mol. The molecule has 54 valence electrons. The molecule has 0 aromatic heterocycles. The SMILES string of the molecule is CN(C)C=O.ClB(Cl)Cl. The van der Waals surface area contributed by atoms with Crippen molar-refractivity contribution in [2.24, 2.45) is 0 Å². The van der Waals surface area contributed by atoms with Crippen LogP contribution < -0.4 is 0 Å². The number of halogens is 3. The summed E-state index contributed by atoms with van der Waals surface area (Å²) in [5.74, 6) is 0. The molecule has 0 aromatic carbocycles. The second-order valence-corrected chi connectivity index (χ2v) is 3.30. The Morgan fingerprint density at radius 3 is 1.44 bits per heavy atom. The fraction of sp³-hybridized carbons (Fsp3) is 0.667. The summed E-state index contributed by atoms with van der Waals surface area (Å²) in [6, 6.07) is 0. The minimum Gasteiger partial charge on any atom is -0.351 e. The molecule has 0 fully saturated rings. The summed E-state index contributed by atoms with van der Waals surface area (Å²) in [6.45, 7) is 0. The van der Waals surface area contributed by atoms with Gasteiger partial charge in [0, 0.05) is 14.1 Å². The van der Waals surface area contributed by atoms with E-state index in [1.165, 1.54) is 4.90 Å². The molecule has 0 saturated heterocycles. The smallest absolute Gasteiger partial charge is 0.351 e. The molecule has 6 heteroatoms. The Hall–Kier alpha value is 0.405. The lowest BCUT2D eigenvalue weighted by Crippen LogP contribution is -2.06. The fourth-order valence-electron chi connectivity index (χ4n) is 0. The van der Waals surface area contributed by atoms with Crippen molar-refractivity contribution in [3.05, 3.63) is 0 Å². The van der Waals surface area contributed by atoms with Gasteiger partial charge in [0.25, 0.3) is 0 Å². The Kier molecular flexibility index (Phi) is 11.3. The Labute approximate surface area is 69.9 Å². The summed E-state index contributed by atoms with van der Waals surface area (Å²) < 4.78 is 0. The van der Waals surface area contributed by atoms with Gasteiger partial charge in [0.2, 0.25) is 6.41 Å². The van der Waals surface area contributed by atoms with Crippen molar-refractivity contribution in [1.82, 2.24) is 4.90 Å². The lowest BCUT2D eigenvalue weighted by Gasteiger charge is -1.93. The standard InChI is InChI=1S/C3H7NO.BCl3/c1-4(2)3-5;2-1(3)4/h3H,1-2H3;. The lowest BCUT2D eigenvalue weighted by molar-refractivity contribution is -0.115. The summed E-state index contributed by atoms with van der Waals surface area (Å²) in [7, 11) is 3.38. The number of amides is 1. The van der Waals surface area contributed by atoms with Gasteiger partial charge in [0.1, 0.15) is 0 Å². The predicted octanol–water partition coefficient (Wildman–Crippen LogP) is 1.39. The zero-order chi connectivity index (χ0) is 7.86. The number of nitrogens with zero attached hydrogens (tertiary/aromatic N) is 1. The van der Waals surface area contributed by atoms with E-state index in [9.17, 15) is 4.79 Å². The Morgan fingerprint density at radius 2 is 1.44 bits per heavy atom. The summed E-state index contributed by atoms with van der Waals surface area (Å²) in [5, 5.41) is 0. The molecule has 0 aromatic rings. The van der Waals surface area contributed by atoms with Crippen molar-refractivity contribution in [3.63, 3.8) is 0 Å². The number of rotatable bonds is 1. The van der Waals surface area contributed by atoms with E-state index < -0.39 is 4.96 Å². The van der Waals surface area contributed by atoms with E-state index in [1.54, 1.807) is 14.1 Å². The third-order valence-corrected chi connectivity index (χ3v) is 0.211. The predicted molar refractivity (Wildman–Crippen MR) is 43.1 cm³/mol. The molecule has 0 spiro atoms. The van der Waals surface area contributed by atoms with Gasteiger partial charge in [-0.05, 0) is 0 Å². The average molecular weight is 190 g/mol. The summed E-state index contributed by atoms with van der Waals surface area (Å²) in [4.78, 5) is 10.1. The summed E-state index contributed by atoms with van der Waals surface area (Å²) >= 11 is 14.4. The quantitative estimate of drug-likeness (QED) is 0.452. The molecule has 0 rings (SSSR count). The first-order valence-electron chi connectivity index (χ1n) is 2.04. The average Bonchev–Trinajstić information content (AvgIpc) is 1.65. The van der Waals surface area contributed by atoms with Crippen molar-refractivity contribution in [1.29, 1.82) is 0 Å². The van der Waals surface area contributed by atoms with Crippen LogP contribution in [0.15, 0.2) is 0 Å². The van der Waals surface area contributed by atoms with Gasteiger partial charge in [0.05, 0.1) is 0 Å². The van der Waals surface area contributed by atoms with Crippen LogP contribution in [0.1, 0.15) is 0 Å². The van der Waals surface area contributed by atoms with Crippen LogP contribution in [0.2, 0.25) is 0 Å². The Morgan fingerprint density at radius 1 is 1.33 bits per heavy atom. The maximum Gasteiger partial charge on any atom is 0.450 e. The highest BCUT2D eigenvalue weighted by Crippen LogP contribution is 1.97. The monoisotopic (exact) mass is 189 g/mol. The van der Waals surface area contributed by atoms with Gasteiger partial charge in [0.15, 0.2) is 0 Å². The van der Waals surface area contributed by atoms with Crippen LogP contribution in [-0.4, -0.2) is 30.4 Å². The number of hydrogen-bond donors (Lipinski definition) is 0. The van der Waals surface area contributed by atoms with Crippen LogP contribution in [0.4, 0.5) is 0 Å². The number of carbonyl (C=O) groups is 1. The highest BCUT2D eigenvalue weighted by atomic mass is 35.6. The molecular formula is C3H7BCl3NO. The molecule has 0 saturated carbocycles. The van der Waals surface area contributed by atoms with Crippen molar-refractivity contribution >= 4 is 45.7 Å². The highest BCUT2D eigenvalue weighted by molar-refractivity contribution is 7.54. The normalized spacial score (nSPS) is 6.78. The van der Waals surface area contributed by atoms with Crippen LogP contribution in [0.25, 0.3) is 0 Å². The fourth-order valence-corrected chi connectivity index (χ4v) is 0. The number of carbonyl (C=O) groups excluding carboxylic acids is 1. The first-order valence-corrected chi connectivity index (χ1v) is 3.35. The molecule has 0 bridgehead atoms. The first kappa shape index (κ1) is 12.1. The zero-order valence-corrected chi connectivity index (χ0v) is 7.41. The number of hydrogen-bond acceptors (Lipinski definition) is 1. The topological polar surface area (TPSA) is 20.3 Å². The van der Waals surface area contributed by atoms with E-state index >= 15 is 0 Å². The van der Waals surface area contributed by atoms with Gasteiger partial charge in [-0.3, -0.25) is 4.79 Å². The third kappa shape index (κ3) is 59.6. The van der Waals surface area contributed by atoms with E-state index in [0.29, 0.717) is 0 Å². The van der Waals surface area contributed by atoms with Crippen molar-refractivity contribution < 1.29 is 4.79 Å². The van der Waals surface area contributed by atoms with Crippen LogP contribution in [0.3, 0.4) is 0 Å². The van der Waals surface area contributed by atoms with Gasteiger partial charge < -0.3 is 4.90 Å².